The van der Waals surface area contributed by atoms with Gasteiger partial charge in [-0.15, -0.1) is 0 Å². The lowest BCUT2D eigenvalue weighted by Crippen LogP contribution is -2.59. The number of hydrogen-bond acceptors (Lipinski definition) is 6. The number of benzene rings is 1. The molecular formula is C17H26N2O6. The molecule has 0 aromatic heterocycles. The molecule has 0 bridgehead atoms. The van der Waals surface area contributed by atoms with Crippen LogP contribution in [0.2, 0.25) is 0 Å². The van der Waals surface area contributed by atoms with Crippen molar-refractivity contribution < 1.29 is 28.9 Å². The highest BCUT2D eigenvalue weighted by molar-refractivity contribution is 5.79. The number of carboxylic acids is 1. The number of carboxylic acid groups (broad SMARTS) is 1. The van der Waals surface area contributed by atoms with Gasteiger partial charge < -0.3 is 19.3 Å². The molecule has 8 heteroatoms. The number of carbonyl (C=O) groups excluding carboxylic acids is 1. The van der Waals surface area contributed by atoms with Crippen molar-refractivity contribution in [1.82, 2.24) is 10.9 Å². The van der Waals surface area contributed by atoms with Crippen LogP contribution in [0.3, 0.4) is 0 Å². The highest BCUT2D eigenvalue weighted by Gasteiger charge is 2.34. The van der Waals surface area contributed by atoms with Gasteiger partial charge in [-0.3, -0.25) is 10.2 Å². The summed E-state index contributed by atoms with van der Waals surface area (Å²) in [6.45, 7) is 6.61. The molecule has 25 heavy (non-hydrogen) atoms. The second-order valence-electron chi connectivity index (χ2n) is 6.76. The van der Waals surface area contributed by atoms with Crippen LogP contribution in [0.5, 0.6) is 11.5 Å². The number of aliphatic carboxylic acids is 1. The van der Waals surface area contributed by atoms with E-state index in [1.165, 1.54) is 21.1 Å². The van der Waals surface area contributed by atoms with Gasteiger partial charge in [0.2, 0.25) is 0 Å². The van der Waals surface area contributed by atoms with Gasteiger partial charge in [-0.25, -0.2) is 10.2 Å². The normalized spacial score (nSPS) is 13.5. The van der Waals surface area contributed by atoms with Crippen molar-refractivity contribution in [2.75, 3.05) is 14.2 Å². The Morgan fingerprint density at radius 1 is 1.08 bits per heavy atom. The number of rotatable bonds is 7. The minimum atomic E-state index is -1.45. The minimum Gasteiger partial charge on any atom is -0.493 e. The van der Waals surface area contributed by atoms with E-state index in [1.807, 2.05) is 0 Å². The first-order valence-corrected chi connectivity index (χ1v) is 7.71. The highest BCUT2D eigenvalue weighted by atomic mass is 16.6. The van der Waals surface area contributed by atoms with Crippen molar-refractivity contribution in [2.24, 2.45) is 0 Å². The smallest absolute Gasteiger partial charge is 0.422 e. The number of methoxy groups -OCH3 is 2. The maximum Gasteiger partial charge on any atom is 0.422 e. The monoisotopic (exact) mass is 354 g/mol. The predicted octanol–water partition coefficient (Wildman–Crippen LogP) is 2.12. The van der Waals surface area contributed by atoms with Gasteiger partial charge in [-0.2, -0.15) is 0 Å². The maximum absolute atomic E-state index is 11.7. The van der Waals surface area contributed by atoms with Crippen molar-refractivity contribution in [3.8, 4) is 11.5 Å². The van der Waals surface area contributed by atoms with Gasteiger partial charge in [0.25, 0.3) is 0 Å². The van der Waals surface area contributed by atoms with Crippen molar-refractivity contribution in [2.45, 2.75) is 45.3 Å². The molecule has 0 heterocycles. The zero-order chi connectivity index (χ0) is 19.3. The van der Waals surface area contributed by atoms with E-state index >= 15 is 0 Å². The van der Waals surface area contributed by atoms with Crippen LogP contribution in [0.4, 0.5) is 4.79 Å². The average Bonchev–Trinajstić information content (AvgIpc) is 2.51. The Morgan fingerprint density at radius 2 is 1.68 bits per heavy atom. The molecule has 0 saturated carbocycles. The van der Waals surface area contributed by atoms with Crippen LogP contribution in [0.15, 0.2) is 18.2 Å². The van der Waals surface area contributed by atoms with E-state index < -0.39 is 23.2 Å². The van der Waals surface area contributed by atoms with Crippen LogP contribution in [-0.4, -0.2) is 42.5 Å². The topological polar surface area (TPSA) is 106 Å². The Bertz CT molecular complexity index is 626. The van der Waals surface area contributed by atoms with Gasteiger partial charge in [0.05, 0.1) is 14.2 Å². The summed E-state index contributed by atoms with van der Waals surface area (Å²) >= 11 is 0. The Hall–Kier alpha value is -2.48. The number of hydrazine groups is 1. The van der Waals surface area contributed by atoms with Crippen LogP contribution < -0.4 is 20.3 Å². The minimum absolute atomic E-state index is 0.0957. The van der Waals surface area contributed by atoms with Crippen LogP contribution in [0.25, 0.3) is 0 Å². The summed E-state index contributed by atoms with van der Waals surface area (Å²) in [7, 11) is 3.02. The second kappa shape index (κ2) is 8.06. The third-order valence-electron chi connectivity index (χ3n) is 3.32. The molecule has 0 saturated heterocycles. The lowest BCUT2D eigenvalue weighted by atomic mass is 9.93. The van der Waals surface area contributed by atoms with Crippen LogP contribution in [0, 0.1) is 0 Å². The summed E-state index contributed by atoms with van der Waals surface area (Å²) in [4.78, 5) is 23.4. The lowest BCUT2D eigenvalue weighted by molar-refractivity contribution is -0.144. The van der Waals surface area contributed by atoms with Gasteiger partial charge >= 0.3 is 12.1 Å². The predicted molar refractivity (Wildman–Crippen MR) is 91.8 cm³/mol. The number of carbonyl (C=O) groups is 2. The Kier molecular flexibility index (Phi) is 6.63. The Morgan fingerprint density at radius 3 is 2.16 bits per heavy atom. The first-order valence-electron chi connectivity index (χ1n) is 7.71. The number of hydrogen-bond donors (Lipinski definition) is 3. The van der Waals surface area contributed by atoms with Crippen molar-refractivity contribution in [3.63, 3.8) is 0 Å². The summed E-state index contributed by atoms with van der Waals surface area (Å²) in [5.41, 5.74) is 3.38. The third kappa shape index (κ3) is 6.15. The van der Waals surface area contributed by atoms with Crippen LogP contribution >= 0.6 is 0 Å². The van der Waals surface area contributed by atoms with Crippen molar-refractivity contribution in [1.29, 1.82) is 0 Å². The van der Waals surface area contributed by atoms with E-state index in [2.05, 4.69) is 10.9 Å². The van der Waals surface area contributed by atoms with Crippen LogP contribution in [0.1, 0.15) is 33.3 Å². The lowest BCUT2D eigenvalue weighted by Gasteiger charge is -2.28. The number of ether oxygens (including phenoxy) is 3. The summed E-state index contributed by atoms with van der Waals surface area (Å²) in [5, 5.41) is 9.56. The fraction of sp³-hybridized carbons (Fsp3) is 0.529. The molecular weight excluding hydrogens is 328 g/mol. The second-order valence-corrected chi connectivity index (χ2v) is 6.76. The molecule has 8 nitrogen and oxygen atoms in total. The maximum atomic E-state index is 11.7. The molecule has 1 rings (SSSR count). The van der Waals surface area contributed by atoms with E-state index in [0.717, 1.165) is 0 Å². The van der Waals surface area contributed by atoms with E-state index in [0.29, 0.717) is 17.1 Å². The van der Waals surface area contributed by atoms with Gasteiger partial charge in [0.15, 0.2) is 11.5 Å². The molecule has 140 valence electrons. The molecule has 1 unspecified atom stereocenters. The van der Waals surface area contributed by atoms with E-state index in [4.69, 9.17) is 14.2 Å². The zero-order valence-corrected chi connectivity index (χ0v) is 15.4. The standard InChI is InChI=1S/C17H26N2O6/c1-16(2,3)25-15(22)18-19-17(4,14(20)21)10-11-7-8-12(23-5)13(9-11)24-6/h7-9,19H,10H2,1-6H3,(H,18,22)(H,20,21). The molecule has 0 aliphatic heterocycles. The number of amides is 1. The highest BCUT2D eigenvalue weighted by Crippen LogP contribution is 2.29. The Balaban J connectivity index is 2.88. The molecule has 0 fully saturated rings. The van der Waals surface area contributed by atoms with E-state index in [-0.39, 0.29) is 6.42 Å². The molecule has 0 radical (unpaired) electrons. The summed E-state index contributed by atoms with van der Waals surface area (Å²) in [6.07, 6.45) is -0.661. The van der Waals surface area contributed by atoms with Crippen molar-refractivity contribution in [3.05, 3.63) is 23.8 Å². The van der Waals surface area contributed by atoms with Gasteiger partial charge in [-0.05, 0) is 45.4 Å². The van der Waals surface area contributed by atoms with Gasteiger partial charge in [0, 0.05) is 6.42 Å². The Labute approximate surface area is 147 Å². The molecule has 1 aromatic carbocycles. The summed E-state index contributed by atoms with van der Waals surface area (Å²) in [6, 6.07) is 5.12. The first-order chi connectivity index (χ1) is 11.5. The molecule has 0 aliphatic rings. The molecule has 0 aliphatic carbocycles. The quantitative estimate of drug-likeness (QED) is 0.644. The number of nitrogens with one attached hydrogen (secondary N) is 2. The summed E-state index contributed by atoms with van der Waals surface area (Å²) in [5.74, 6) is -0.0886. The molecule has 1 amide bonds. The van der Waals surface area contributed by atoms with E-state index in [9.17, 15) is 14.7 Å². The van der Waals surface area contributed by atoms with Crippen LogP contribution in [-0.2, 0) is 16.0 Å². The zero-order valence-electron chi connectivity index (χ0n) is 15.4. The van der Waals surface area contributed by atoms with Gasteiger partial charge in [-0.1, -0.05) is 6.07 Å². The average molecular weight is 354 g/mol. The first kappa shape index (κ1) is 20.6. The molecule has 0 spiro atoms. The third-order valence-corrected chi connectivity index (χ3v) is 3.32. The fourth-order valence-corrected chi connectivity index (χ4v) is 2.06. The largest absolute Gasteiger partial charge is 0.493 e. The molecule has 3 N–H and O–H groups in total. The van der Waals surface area contributed by atoms with Gasteiger partial charge in [0.1, 0.15) is 11.1 Å². The summed E-state index contributed by atoms with van der Waals surface area (Å²) < 4.78 is 15.5. The SMILES string of the molecule is COc1ccc(CC(C)(NNC(=O)OC(C)(C)C)C(=O)O)cc1OC. The van der Waals surface area contributed by atoms with Crippen molar-refractivity contribution >= 4 is 12.1 Å². The molecule has 1 atom stereocenters. The van der Waals surface area contributed by atoms with E-state index in [1.54, 1.807) is 39.0 Å². The fourth-order valence-electron chi connectivity index (χ4n) is 2.06. The molecule has 1 aromatic rings.